The third kappa shape index (κ3) is 3.02. The summed E-state index contributed by atoms with van der Waals surface area (Å²) in [5.74, 6) is 1.44. The van der Waals surface area contributed by atoms with Crippen LogP contribution in [0.2, 0.25) is 5.02 Å². The first-order chi connectivity index (χ1) is 7.25. The zero-order chi connectivity index (χ0) is 10.7. The summed E-state index contributed by atoms with van der Waals surface area (Å²) < 4.78 is 0. The third-order valence-electron chi connectivity index (χ3n) is 2.70. The third-order valence-corrected chi connectivity index (χ3v) is 4.43. The predicted molar refractivity (Wildman–Crippen MR) is 67.2 cm³/mol. The molecule has 82 valence electrons. The van der Waals surface area contributed by atoms with Crippen molar-refractivity contribution in [3.05, 3.63) is 22.8 Å². The summed E-state index contributed by atoms with van der Waals surface area (Å²) in [6.07, 6.45) is 5.42. The Morgan fingerprint density at radius 3 is 2.87 bits per heavy atom. The van der Waals surface area contributed by atoms with E-state index in [1.165, 1.54) is 25.7 Å². The Morgan fingerprint density at radius 1 is 1.40 bits per heavy atom. The van der Waals surface area contributed by atoms with Crippen LogP contribution in [-0.2, 0) is 5.75 Å². The summed E-state index contributed by atoms with van der Waals surface area (Å²) in [6, 6.07) is 3.57. The van der Waals surface area contributed by atoms with Gasteiger partial charge in [0.1, 0.15) is 5.82 Å². The molecule has 0 spiro atoms. The Labute approximate surface area is 99.6 Å². The van der Waals surface area contributed by atoms with E-state index in [4.69, 9.17) is 17.3 Å². The maximum Gasteiger partial charge on any atom is 0.123 e. The second-order valence-corrected chi connectivity index (χ2v) is 5.58. The molecule has 2 rings (SSSR count). The summed E-state index contributed by atoms with van der Waals surface area (Å²) in [5.41, 5.74) is 6.56. The van der Waals surface area contributed by atoms with E-state index >= 15 is 0 Å². The van der Waals surface area contributed by atoms with Gasteiger partial charge in [-0.1, -0.05) is 24.4 Å². The highest BCUT2D eigenvalue weighted by molar-refractivity contribution is 7.99. The molecule has 1 aliphatic carbocycles. The lowest BCUT2D eigenvalue weighted by Crippen LogP contribution is -1.99. The fourth-order valence-corrected chi connectivity index (χ4v) is 3.39. The van der Waals surface area contributed by atoms with Crippen molar-refractivity contribution in [3.8, 4) is 0 Å². The van der Waals surface area contributed by atoms with Crippen LogP contribution in [0.5, 0.6) is 0 Å². The zero-order valence-corrected chi connectivity index (χ0v) is 10.2. The van der Waals surface area contributed by atoms with Crippen molar-refractivity contribution in [2.75, 3.05) is 5.73 Å². The lowest BCUT2D eigenvalue weighted by Gasteiger charge is -2.09. The van der Waals surface area contributed by atoms with Crippen LogP contribution in [0, 0.1) is 0 Å². The number of nitrogens with zero attached hydrogens (tertiary/aromatic N) is 1. The van der Waals surface area contributed by atoms with Gasteiger partial charge in [-0.3, -0.25) is 0 Å². The molecule has 2 N–H and O–H groups in total. The van der Waals surface area contributed by atoms with Crippen LogP contribution in [0.3, 0.4) is 0 Å². The highest BCUT2D eigenvalue weighted by atomic mass is 35.5. The van der Waals surface area contributed by atoms with Crippen LogP contribution >= 0.6 is 23.4 Å². The SMILES string of the molecule is Nc1ccc(Cl)c(CSC2CCCC2)n1. The monoisotopic (exact) mass is 242 g/mol. The summed E-state index contributed by atoms with van der Waals surface area (Å²) >= 11 is 8.01. The Morgan fingerprint density at radius 2 is 2.13 bits per heavy atom. The number of aromatic nitrogens is 1. The minimum Gasteiger partial charge on any atom is -0.384 e. The van der Waals surface area contributed by atoms with Crippen LogP contribution in [0.25, 0.3) is 0 Å². The Balaban J connectivity index is 1.94. The van der Waals surface area contributed by atoms with Gasteiger partial charge in [0.25, 0.3) is 0 Å². The van der Waals surface area contributed by atoms with Gasteiger partial charge < -0.3 is 5.73 Å². The van der Waals surface area contributed by atoms with Crippen LogP contribution in [-0.4, -0.2) is 10.2 Å². The second kappa shape index (κ2) is 5.08. The predicted octanol–water partition coefficient (Wildman–Crippen LogP) is 3.49. The number of thioether (sulfide) groups is 1. The molecule has 0 amide bonds. The lowest BCUT2D eigenvalue weighted by atomic mass is 10.4. The van der Waals surface area contributed by atoms with Crippen LogP contribution in [0.1, 0.15) is 31.4 Å². The van der Waals surface area contributed by atoms with E-state index in [1.807, 2.05) is 17.8 Å². The molecule has 1 aromatic rings. The molecule has 1 aromatic heterocycles. The molecule has 1 saturated carbocycles. The molecule has 0 aliphatic heterocycles. The van der Waals surface area contributed by atoms with Crippen LogP contribution in [0.4, 0.5) is 5.82 Å². The van der Waals surface area contributed by atoms with Gasteiger partial charge in [0.2, 0.25) is 0 Å². The normalized spacial score (nSPS) is 17.1. The molecule has 0 saturated heterocycles. The standard InChI is InChI=1S/C11H15ClN2S/c12-9-5-6-11(13)14-10(9)7-15-8-3-1-2-4-8/h5-6,8H,1-4,7H2,(H2,13,14). The van der Waals surface area contributed by atoms with Gasteiger partial charge in [-0.05, 0) is 25.0 Å². The van der Waals surface area contributed by atoms with Crippen molar-refractivity contribution >= 4 is 29.2 Å². The molecular formula is C11H15ClN2S. The van der Waals surface area contributed by atoms with Gasteiger partial charge in [0, 0.05) is 11.0 Å². The van der Waals surface area contributed by atoms with Gasteiger partial charge in [-0.15, -0.1) is 0 Å². The fraction of sp³-hybridized carbons (Fsp3) is 0.545. The van der Waals surface area contributed by atoms with E-state index in [2.05, 4.69) is 4.98 Å². The Hall–Kier alpha value is -0.410. The van der Waals surface area contributed by atoms with Gasteiger partial charge >= 0.3 is 0 Å². The van der Waals surface area contributed by atoms with E-state index in [9.17, 15) is 0 Å². The van der Waals surface area contributed by atoms with Crippen molar-refractivity contribution in [2.24, 2.45) is 0 Å². The molecule has 1 fully saturated rings. The fourth-order valence-electron chi connectivity index (χ4n) is 1.85. The summed E-state index contributed by atoms with van der Waals surface area (Å²) in [5, 5.41) is 1.53. The maximum atomic E-state index is 6.05. The lowest BCUT2D eigenvalue weighted by molar-refractivity contribution is 0.886. The molecule has 4 heteroatoms. The number of pyridine rings is 1. The molecule has 0 atom stereocenters. The number of nitrogens with two attached hydrogens (primary N) is 1. The van der Waals surface area contributed by atoms with Crippen molar-refractivity contribution in [2.45, 2.75) is 36.7 Å². The molecule has 0 radical (unpaired) electrons. The van der Waals surface area contributed by atoms with Crippen LogP contribution in [0.15, 0.2) is 12.1 Å². The van der Waals surface area contributed by atoms with E-state index < -0.39 is 0 Å². The van der Waals surface area contributed by atoms with E-state index in [1.54, 1.807) is 6.07 Å². The molecular weight excluding hydrogens is 228 g/mol. The van der Waals surface area contributed by atoms with Crippen molar-refractivity contribution in [1.82, 2.24) is 4.98 Å². The highest BCUT2D eigenvalue weighted by Crippen LogP contribution is 2.32. The van der Waals surface area contributed by atoms with Crippen molar-refractivity contribution < 1.29 is 0 Å². The quantitative estimate of drug-likeness (QED) is 0.882. The van der Waals surface area contributed by atoms with Crippen molar-refractivity contribution in [3.63, 3.8) is 0 Å². The van der Waals surface area contributed by atoms with Gasteiger partial charge in [-0.25, -0.2) is 4.98 Å². The number of hydrogen-bond acceptors (Lipinski definition) is 3. The van der Waals surface area contributed by atoms with Gasteiger partial charge in [0.05, 0.1) is 10.7 Å². The molecule has 1 aliphatic rings. The number of anilines is 1. The van der Waals surface area contributed by atoms with Gasteiger partial charge in [-0.2, -0.15) is 11.8 Å². The number of nitrogen functional groups attached to an aromatic ring is 1. The summed E-state index contributed by atoms with van der Waals surface area (Å²) in [7, 11) is 0. The molecule has 0 unspecified atom stereocenters. The Kier molecular flexibility index (Phi) is 3.76. The van der Waals surface area contributed by atoms with Crippen LogP contribution < -0.4 is 5.73 Å². The number of hydrogen-bond donors (Lipinski definition) is 1. The molecule has 2 nitrogen and oxygen atoms in total. The molecule has 0 bridgehead atoms. The van der Waals surface area contributed by atoms with Gasteiger partial charge in [0.15, 0.2) is 0 Å². The van der Waals surface area contributed by atoms with E-state index in [0.717, 1.165) is 21.7 Å². The molecule has 1 heterocycles. The minimum absolute atomic E-state index is 0.557. The average Bonchev–Trinajstić information content (AvgIpc) is 2.72. The van der Waals surface area contributed by atoms with Crippen molar-refractivity contribution in [1.29, 1.82) is 0 Å². The topological polar surface area (TPSA) is 38.9 Å². The maximum absolute atomic E-state index is 6.05. The molecule has 0 aromatic carbocycles. The first-order valence-corrected chi connectivity index (χ1v) is 6.71. The number of halogens is 1. The highest BCUT2D eigenvalue weighted by Gasteiger charge is 2.16. The first-order valence-electron chi connectivity index (χ1n) is 5.28. The largest absolute Gasteiger partial charge is 0.384 e. The Bertz CT molecular complexity index is 337. The van der Waals surface area contributed by atoms with E-state index in [-0.39, 0.29) is 0 Å². The average molecular weight is 243 g/mol. The zero-order valence-electron chi connectivity index (χ0n) is 8.58. The minimum atomic E-state index is 0.557. The summed E-state index contributed by atoms with van der Waals surface area (Å²) in [6.45, 7) is 0. The van der Waals surface area contributed by atoms with E-state index in [0.29, 0.717) is 5.82 Å². The first kappa shape index (κ1) is 11.1. The second-order valence-electron chi connectivity index (χ2n) is 3.88. The number of rotatable bonds is 3. The smallest absolute Gasteiger partial charge is 0.123 e. The summed E-state index contributed by atoms with van der Waals surface area (Å²) in [4.78, 5) is 4.26. The molecule has 15 heavy (non-hydrogen) atoms.